The van der Waals surface area contributed by atoms with E-state index in [9.17, 15) is 14.4 Å². The van der Waals surface area contributed by atoms with E-state index in [2.05, 4.69) is 36.5 Å². The van der Waals surface area contributed by atoms with Gasteiger partial charge in [-0.2, -0.15) is 0 Å². The van der Waals surface area contributed by atoms with Gasteiger partial charge in [0, 0.05) is 13.1 Å². The van der Waals surface area contributed by atoms with Crippen molar-refractivity contribution in [1.29, 1.82) is 0 Å². The number of nitrogens with zero attached hydrogens (tertiary/aromatic N) is 3. The van der Waals surface area contributed by atoms with Crippen molar-refractivity contribution in [2.75, 3.05) is 23.7 Å². The molecule has 0 radical (unpaired) electrons. The molecule has 1 atom stereocenters. The number of aromatic nitrogens is 2. The molecule has 2 N–H and O–H groups in total. The van der Waals surface area contributed by atoms with Crippen molar-refractivity contribution in [1.82, 2.24) is 14.9 Å². The van der Waals surface area contributed by atoms with Crippen LogP contribution in [0, 0.1) is 5.92 Å². The van der Waals surface area contributed by atoms with Crippen LogP contribution < -0.4 is 10.6 Å². The van der Waals surface area contributed by atoms with Crippen LogP contribution in [0.4, 0.5) is 16.3 Å². The Bertz CT molecular complexity index is 991. The lowest BCUT2D eigenvalue weighted by atomic mass is 9.97. The van der Waals surface area contributed by atoms with Gasteiger partial charge in [0.05, 0.1) is 17.8 Å². The van der Waals surface area contributed by atoms with Crippen LogP contribution in [0.15, 0.2) is 41.1 Å². The Morgan fingerprint density at radius 2 is 1.94 bits per heavy atom. The van der Waals surface area contributed by atoms with Gasteiger partial charge in [0.1, 0.15) is 21.7 Å². The molecule has 10 heteroatoms. The second-order valence-corrected chi connectivity index (χ2v) is 9.30. The average Bonchev–Trinajstić information content (AvgIpc) is 2.74. The molecule has 170 valence electrons. The number of rotatable bonds is 4. The number of anilines is 2. The van der Waals surface area contributed by atoms with Crippen molar-refractivity contribution >= 4 is 45.3 Å². The fourth-order valence-corrected chi connectivity index (χ4v) is 3.53. The third-order valence-electron chi connectivity index (χ3n) is 4.66. The molecule has 32 heavy (non-hydrogen) atoms. The summed E-state index contributed by atoms with van der Waals surface area (Å²) in [5, 5.41) is 5.49. The highest BCUT2D eigenvalue weighted by Crippen LogP contribution is 2.21. The van der Waals surface area contributed by atoms with Crippen molar-refractivity contribution in [2.24, 2.45) is 5.92 Å². The molecule has 3 heterocycles. The third-order valence-corrected chi connectivity index (χ3v) is 5.11. The van der Waals surface area contributed by atoms with Gasteiger partial charge < -0.3 is 20.3 Å². The van der Waals surface area contributed by atoms with E-state index in [4.69, 9.17) is 4.74 Å². The highest BCUT2D eigenvalue weighted by Gasteiger charge is 2.31. The van der Waals surface area contributed by atoms with Gasteiger partial charge >= 0.3 is 6.09 Å². The molecule has 1 saturated heterocycles. The van der Waals surface area contributed by atoms with Crippen molar-refractivity contribution in [3.63, 3.8) is 0 Å². The molecular weight excluding hydrogens is 478 g/mol. The maximum absolute atomic E-state index is 12.7. The number of pyridine rings is 2. The van der Waals surface area contributed by atoms with Crippen LogP contribution in [0.5, 0.6) is 0 Å². The zero-order chi connectivity index (χ0) is 23.3. The highest BCUT2D eigenvalue weighted by atomic mass is 79.9. The number of piperidine rings is 1. The van der Waals surface area contributed by atoms with Crippen molar-refractivity contribution < 1.29 is 19.1 Å². The molecule has 0 aliphatic carbocycles. The molecule has 9 nitrogen and oxygen atoms in total. The number of amides is 3. The molecule has 0 saturated carbocycles. The largest absolute Gasteiger partial charge is 0.444 e. The minimum atomic E-state index is -0.581. The Balaban J connectivity index is 1.55. The van der Waals surface area contributed by atoms with Gasteiger partial charge in [0.15, 0.2) is 0 Å². The first-order valence-electron chi connectivity index (χ1n) is 10.3. The van der Waals surface area contributed by atoms with E-state index in [-0.39, 0.29) is 23.4 Å². The fraction of sp³-hybridized carbons (Fsp3) is 0.409. The summed E-state index contributed by atoms with van der Waals surface area (Å²) in [7, 11) is 0. The van der Waals surface area contributed by atoms with E-state index in [0.29, 0.717) is 35.6 Å². The first-order valence-corrected chi connectivity index (χ1v) is 11.1. The Hall–Kier alpha value is -3.01. The van der Waals surface area contributed by atoms with Crippen LogP contribution in [0.2, 0.25) is 0 Å². The SMILES string of the molecule is CC(C)(C)OC(=O)N1CCC[C@@H](C(=O)Nc2ccc(NC(=O)c3cccc(Br)n3)nc2)C1. The van der Waals surface area contributed by atoms with Gasteiger partial charge in [-0.1, -0.05) is 6.07 Å². The van der Waals surface area contributed by atoms with E-state index < -0.39 is 11.7 Å². The molecule has 3 rings (SSSR count). The van der Waals surface area contributed by atoms with E-state index in [1.807, 2.05) is 20.8 Å². The van der Waals surface area contributed by atoms with Crippen molar-refractivity contribution in [2.45, 2.75) is 39.2 Å². The third kappa shape index (κ3) is 6.74. The summed E-state index contributed by atoms with van der Waals surface area (Å²) in [5.41, 5.74) is 0.177. The van der Waals surface area contributed by atoms with Crippen molar-refractivity contribution in [3.05, 3.63) is 46.8 Å². The molecular formula is C22H26BrN5O4. The lowest BCUT2D eigenvalue weighted by Crippen LogP contribution is -2.45. The molecule has 2 aromatic rings. The molecule has 0 bridgehead atoms. The number of nitrogens with one attached hydrogen (secondary N) is 2. The zero-order valence-electron chi connectivity index (χ0n) is 18.2. The average molecular weight is 504 g/mol. The van der Waals surface area contributed by atoms with Crippen LogP contribution in [-0.2, 0) is 9.53 Å². The first-order chi connectivity index (χ1) is 15.1. The predicted octanol–water partition coefficient (Wildman–Crippen LogP) is 4.08. The number of ether oxygens (including phenoxy) is 1. The summed E-state index contributed by atoms with van der Waals surface area (Å²) >= 11 is 3.23. The van der Waals surface area contributed by atoms with Crippen molar-refractivity contribution in [3.8, 4) is 0 Å². The maximum atomic E-state index is 12.7. The number of carbonyl (C=O) groups is 3. The number of carbonyl (C=O) groups excluding carboxylic acids is 3. The molecule has 0 spiro atoms. The minimum absolute atomic E-state index is 0.185. The van der Waals surface area contributed by atoms with Gasteiger partial charge in [-0.15, -0.1) is 0 Å². The van der Waals surface area contributed by atoms with Crippen LogP contribution in [0.25, 0.3) is 0 Å². The van der Waals surface area contributed by atoms with E-state index in [0.717, 1.165) is 6.42 Å². The molecule has 3 amide bonds. The molecule has 1 aliphatic heterocycles. The summed E-state index contributed by atoms with van der Waals surface area (Å²) in [6.45, 7) is 6.32. The number of hydrogen-bond acceptors (Lipinski definition) is 6. The van der Waals surface area contributed by atoms with E-state index in [1.165, 1.54) is 6.20 Å². The van der Waals surface area contributed by atoms with Gasteiger partial charge in [0.25, 0.3) is 5.91 Å². The summed E-state index contributed by atoms with van der Waals surface area (Å²) < 4.78 is 5.97. The second kappa shape index (κ2) is 10.1. The number of halogens is 1. The summed E-state index contributed by atoms with van der Waals surface area (Å²) in [5.74, 6) is -0.572. The Kier molecular flexibility index (Phi) is 7.44. The molecule has 2 aromatic heterocycles. The second-order valence-electron chi connectivity index (χ2n) is 8.49. The number of likely N-dealkylation sites (tertiary alicyclic amines) is 1. The van der Waals surface area contributed by atoms with Gasteiger partial charge in [0.2, 0.25) is 5.91 Å². The Morgan fingerprint density at radius 3 is 2.59 bits per heavy atom. The van der Waals surface area contributed by atoms with Gasteiger partial charge in [-0.25, -0.2) is 14.8 Å². The predicted molar refractivity (Wildman–Crippen MR) is 123 cm³/mol. The lowest BCUT2D eigenvalue weighted by molar-refractivity contribution is -0.121. The minimum Gasteiger partial charge on any atom is -0.444 e. The normalized spacial score (nSPS) is 16.2. The standard InChI is InChI=1S/C22H26BrN5O4/c1-22(2,3)32-21(31)28-11-5-6-14(13-28)19(29)25-15-9-10-18(24-12-15)27-20(30)16-7-4-8-17(23)26-16/h4,7-10,12,14H,5-6,11,13H2,1-3H3,(H,25,29)(H,24,27,30)/t14-/m1/s1. The fourth-order valence-electron chi connectivity index (χ4n) is 3.18. The smallest absolute Gasteiger partial charge is 0.410 e. The Labute approximate surface area is 195 Å². The zero-order valence-corrected chi connectivity index (χ0v) is 19.8. The van der Waals surface area contributed by atoms with Crippen LogP contribution >= 0.6 is 15.9 Å². The molecule has 1 fully saturated rings. The first kappa shape index (κ1) is 23.6. The molecule has 0 aromatic carbocycles. The Morgan fingerprint density at radius 1 is 1.16 bits per heavy atom. The van der Waals surface area contributed by atoms with E-state index >= 15 is 0 Å². The van der Waals surface area contributed by atoms with Crippen LogP contribution in [-0.4, -0.2) is 51.5 Å². The summed E-state index contributed by atoms with van der Waals surface area (Å²) in [4.78, 5) is 47.1. The lowest BCUT2D eigenvalue weighted by Gasteiger charge is -2.33. The van der Waals surface area contributed by atoms with Crippen LogP contribution in [0.3, 0.4) is 0 Å². The quantitative estimate of drug-likeness (QED) is 0.607. The highest BCUT2D eigenvalue weighted by molar-refractivity contribution is 9.10. The van der Waals surface area contributed by atoms with E-state index in [1.54, 1.807) is 35.2 Å². The molecule has 1 aliphatic rings. The van der Waals surface area contributed by atoms with Gasteiger partial charge in [-0.3, -0.25) is 9.59 Å². The maximum Gasteiger partial charge on any atom is 0.410 e. The monoisotopic (exact) mass is 503 g/mol. The van der Waals surface area contributed by atoms with Gasteiger partial charge in [-0.05, 0) is 73.8 Å². The summed E-state index contributed by atoms with van der Waals surface area (Å²) in [6, 6.07) is 8.29. The topological polar surface area (TPSA) is 114 Å². The van der Waals surface area contributed by atoms with Crippen LogP contribution in [0.1, 0.15) is 44.1 Å². The molecule has 0 unspecified atom stereocenters. The summed E-state index contributed by atoms with van der Waals surface area (Å²) in [6.07, 6.45) is 2.48. The number of hydrogen-bond donors (Lipinski definition) is 2.